The van der Waals surface area contributed by atoms with E-state index in [1.165, 1.54) is 5.56 Å². The van der Waals surface area contributed by atoms with Gasteiger partial charge in [-0.05, 0) is 43.5 Å². The molecule has 3 rings (SSSR count). The van der Waals surface area contributed by atoms with E-state index < -0.39 is 10.0 Å². The summed E-state index contributed by atoms with van der Waals surface area (Å²) in [5, 5.41) is 8.76. The molecule has 25 heavy (non-hydrogen) atoms. The first-order valence-electron chi connectivity index (χ1n) is 8.51. The van der Waals surface area contributed by atoms with Crippen LogP contribution in [0.3, 0.4) is 0 Å². The van der Waals surface area contributed by atoms with Crippen LogP contribution in [0.5, 0.6) is 0 Å². The van der Waals surface area contributed by atoms with Crippen molar-refractivity contribution in [1.82, 2.24) is 4.90 Å². The highest BCUT2D eigenvalue weighted by Crippen LogP contribution is 2.26. The zero-order valence-corrected chi connectivity index (χ0v) is 15.5. The third-order valence-corrected chi connectivity index (χ3v) is 5.74. The van der Waals surface area contributed by atoms with Crippen LogP contribution >= 0.6 is 0 Å². The van der Waals surface area contributed by atoms with Gasteiger partial charge >= 0.3 is 0 Å². The lowest BCUT2D eigenvalue weighted by Crippen LogP contribution is -2.28. The van der Waals surface area contributed by atoms with Gasteiger partial charge < -0.3 is 5.32 Å². The molecule has 1 saturated heterocycles. The monoisotopic (exact) mass is 359 g/mol. The molecule has 2 atom stereocenters. The van der Waals surface area contributed by atoms with E-state index in [1.807, 2.05) is 13.0 Å². The van der Waals surface area contributed by atoms with Gasteiger partial charge in [-0.3, -0.25) is 4.90 Å². The molecule has 0 radical (unpaired) electrons. The Morgan fingerprint density at radius 1 is 1.20 bits per heavy atom. The van der Waals surface area contributed by atoms with Crippen molar-refractivity contribution in [1.29, 1.82) is 0 Å². The highest BCUT2D eigenvalue weighted by atomic mass is 32.2. The summed E-state index contributed by atoms with van der Waals surface area (Å²) in [6, 6.07) is 16.2. The second-order valence-corrected chi connectivity index (χ2v) is 8.42. The second kappa shape index (κ2) is 7.15. The van der Waals surface area contributed by atoms with E-state index >= 15 is 0 Å². The van der Waals surface area contributed by atoms with E-state index in [0.29, 0.717) is 6.04 Å². The van der Waals surface area contributed by atoms with Gasteiger partial charge in [0.1, 0.15) is 0 Å². The molecule has 134 valence electrons. The van der Waals surface area contributed by atoms with Crippen LogP contribution in [0.1, 0.15) is 24.5 Å². The van der Waals surface area contributed by atoms with Crippen molar-refractivity contribution in [2.75, 3.05) is 11.9 Å². The molecule has 1 fully saturated rings. The van der Waals surface area contributed by atoms with Gasteiger partial charge in [0, 0.05) is 30.9 Å². The molecule has 0 spiro atoms. The van der Waals surface area contributed by atoms with E-state index in [1.54, 1.807) is 18.2 Å². The number of primary sulfonamides is 1. The van der Waals surface area contributed by atoms with Crippen LogP contribution in [0.2, 0.25) is 0 Å². The van der Waals surface area contributed by atoms with Crippen LogP contribution in [-0.4, -0.2) is 31.9 Å². The van der Waals surface area contributed by atoms with Crippen LogP contribution in [0, 0.1) is 6.92 Å². The number of sulfonamides is 1. The van der Waals surface area contributed by atoms with Gasteiger partial charge in [-0.25, -0.2) is 13.6 Å². The Labute approximate surface area is 149 Å². The number of hydrogen-bond acceptors (Lipinski definition) is 4. The number of hydrogen-bond donors (Lipinski definition) is 2. The normalized spacial score (nSPS) is 21.4. The van der Waals surface area contributed by atoms with Crippen molar-refractivity contribution in [2.45, 2.75) is 43.8 Å². The van der Waals surface area contributed by atoms with Crippen LogP contribution < -0.4 is 10.5 Å². The lowest BCUT2D eigenvalue weighted by atomic mass is 10.1. The van der Waals surface area contributed by atoms with Crippen LogP contribution in [0.25, 0.3) is 0 Å². The summed E-state index contributed by atoms with van der Waals surface area (Å²) in [5.41, 5.74) is 3.16. The molecule has 0 aromatic heterocycles. The molecule has 6 heteroatoms. The zero-order chi connectivity index (χ0) is 18.0. The maximum absolute atomic E-state index is 11.6. The number of nitrogens with two attached hydrogens (primary N) is 1. The standard InChI is InChI=1S/C19H25N3O2S/c1-14-8-9-18(25(20,23)24)11-19(14)21-17-10-15(2)22(13-17)12-16-6-4-3-5-7-16/h3-9,11,15,17,21H,10,12-13H2,1-2H3,(H2,20,23,24). The topological polar surface area (TPSA) is 75.4 Å². The van der Waals surface area contributed by atoms with E-state index in [2.05, 4.69) is 41.4 Å². The Bertz CT molecular complexity index is 837. The molecule has 2 aromatic rings. The maximum Gasteiger partial charge on any atom is 0.238 e. The summed E-state index contributed by atoms with van der Waals surface area (Å²) in [7, 11) is -3.69. The van der Waals surface area contributed by atoms with E-state index in [4.69, 9.17) is 5.14 Å². The van der Waals surface area contributed by atoms with Gasteiger partial charge in [-0.15, -0.1) is 0 Å². The number of anilines is 1. The summed E-state index contributed by atoms with van der Waals surface area (Å²) < 4.78 is 23.2. The highest BCUT2D eigenvalue weighted by Gasteiger charge is 2.29. The van der Waals surface area contributed by atoms with Gasteiger partial charge in [0.2, 0.25) is 10.0 Å². The van der Waals surface area contributed by atoms with Crippen molar-refractivity contribution in [2.24, 2.45) is 5.14 Å². The van der Waals surface area contributed by atoms with Gasteiger partial charge in [0.25, 0.3) is 0 Å². The number of nitrogens with zero attached hydrogens (tertiary/aromatic N) is 1. The molecule has 1 heterocycles. The van der Waals surface area contributed by atoms with Gasteiger partial charge in [-0.2, -0.15) is 0 Å². The van der Waals surface area contributed by atoms with Crippen molar-refractivity contribution < 1.29 is 8.42 Å². The lowest BCUT2D eigenvalue weighted by molar-refractivity contribution is 0.259. The fraction of sp³-hybridized carbons (Fsp3) is 0.368. The number of nitrogens with one attached hydrogen (secondary N) is 1. The molecule has 1 aliphatic rings. The smallest absolute Gasteiger partial charge is 0.238 e. The average molecular weight is 359 g/mol. The first-order valence-corrected chi connectivity index (χ1v) is 10.1. The third kappa shape index (κ3) is 4.39. The number of likely N-dealkylation sites (tertiary alicyclic amines) is 1. The SMILES string of the molecule is Cc1ccc(S(N)(=O)=O)cc1NC1CC(C)N(Cc2ccccc2)C1. The lowest BCUT2D eigenvalue weighted by Gasteiger charge is -2.21. The Kier molecular flexibility index (Phi) is 5.13. The summed E-state index contributed by atoms with van der Waals surface area (Å²) in [5.74, 6) is 0. The Morgan fingerprint density at radius 3 is 2.60 bits per heavy atom. The molecule has 2 unspecified atom stereocenters. The molecular weight excluding hydrogens is 334 g/mol. The highest BCUT2D eigenvalue weighted by molar-refractivity contribution is 7.89. The fourth-order valence-corrected chi connectivity index (χ4v) is 3.93. The molecular formula is C19H25N3O2S. The van der Waals surface area contributed by atoms with Crippen molar-refractivity contribution >= 4 is 15.7 Å². The first kappa shape index (κ1) is 17.9. The Balaban J connectivity index is 1.70. The van der Waals surface area contributed by atoms with E-state index in [-0.39, 0.29) is 10.9 Å². The molecule has 1 aliphatic heterocycles. The van der Waals surface area contributed by atoms with E-state index in [0.717, 1.165) is 30.8 Å². The molecule has 5 nitrogen and oxygen atoms in total. The second-order valence-electron chi connectivity index (χ2n) is 6.86. The Hall–Kier alpha value is -1.89. The quantitative estimate of drug-likeness (QED) is 0.861. The summed E-state index contributed by atoms with van der Waals surface area (Å²) in [4.78, 5) is 2.60. The van der Waals surface area contributed by atoms with Crippen LogP contribution in [-0.2, 0) is 16.6 Å². The minimum atomic E-state index is -3.69. The zero-order valence-electron chi connectivity index (χ0n) is 14.6. The van der Waals surface area contributed by atoms with E-state index in [9.17, 15) is 8.42 Å². The van der Waals surface area contributed by atoms with Gasteiger partial charge in [0.05, 0.1) is 4.90 Å². The molecule has 0 aliphatic carbocycles. The number of benzene rings is 2. The summed E-state index contributed by atoms with van der Waals surface area (Å²) in [6.07, 6.45) is 1.02. The first-order chi connectivity index (χ1) is 11.8. The summed E-state index contributed by atoms with van der Waals surface area (Å²) >= 11 is 0. The van der Waals surface area contributed by atoms with Gasteiger partial charge in [-0.1, -0.05) is 36.4 Å². The molecule has 2 aromatic carbocycles. The molecule has 0 saturated carbocycles. The molecule has 0 bridgehead atoms. The predicted molar refractivity (Wildman–Crippen MR) is 101 cm³/mol. The fourth-order valence-electron chi connectivity index (χ4n) is 3.39. The average Bonchev–Trinajstić information content (AvgIpc) is 2.89. The van der Waals surface area contributed by atoms with Gasteiger partial charge in [0.15, 0.2) is 0 Å². The number of aryl methyl sites for hydroxylation is 1. The van der Waals surface area contributed by atoms with Crippen molar-refractivity contribution in [3.63, 3.8) is 0 Å². The molecule has 3 N–H and O–H groups in total. The van der Waals surface area contributed by atoms with Crippen LogP contribution in [0.4, 0.5) is 5.69 Å². The van der Waals surface area contributed by atoms with Crippen molar-refractivity contribution in [3.8, 4) is 0 Å². The number of rotatable bonds is 5. The van der Waals surface area contributed by atoms with Crippen molar-refractivity contribution in [3.05, 3.63) is 59.7 Å². The summed E-state index contributed by atoms with van der Waals surface area (Å²) in [6.45, 7) is 6.05. The Morgan fingerprint density at radius 2 is 1.92 bits per heavy atom. The maximum atomic E-state index is 11.6. The minimum absolute atomic E-state index is 0.146. The third-order valence-electron chi connectivity index (χ3n) is 4.83. The predicted octanol–water partition coefficient (Wildman–Crippen LogP) is 2.72. The largest absolute Gasteiger partial charge is 0.381 e. The minimum Gasteiger partial charge on any atom is -0.381 e. The van der Waals surface area contributed by atoms with Crippen LogP contribution in [0.15, 0.2) is 53.4 Å². The molecule has 0 amide bonds.